The van der Waals surface area contributed by atoms with Crippen molar-refractivity contribution in [2.45, 2.75) is 238 Å². The number of aryl methyl sites for hydroxylation is 1. The minimum atomic E-state index is -0.192. The Morgan fingerprint density at radius 2 is 1.13 bits per heavy atom. The zero-order valence-corrected chi connectivity index (χ0v) is 62.6. The molecule has 1 spiro atoms. The van der Waals surface area contributed by atoms with Crippen molar-refractivity contribution < 1.29 is 14.4 Å². The number of nitrogens with one attached hydrogen (secondary N) is 4. The number of benzene rings is 3. The molecule has 2 aromatic heterocycles. The van der Waals surface area contributed by atoms with E-state index in [9.17, 15) is 19.2 Å². The van der Waals surface area contributed by atoms with Crippen LogP contribution in [0.25, 0.3) is 16.7 Å². The first kappa shape index (κ1) is 72.1. The second-order valence-corrected chi connectivity index (χ2v) is 35.3. The third-order valence-electron chi connectivity index (χ3n) is 27.8. The van der Waals surface area contributed by atoms with Gasteiger partial charge in [0.2, 0.25) is 23.7 Å². The van der Waals surface area contributed by atoms with Crippen LogP contribution < -0.4 is 42.4 Å². The predicted octanol–water partition coefficient (Wildman–Crippen LogP) is 16.5. The molecule has 11 fully saturated rings. The van der Waals surface area contributed by atoms with E-state index in [2.05, 4.69) is 77.3 Å². The zero-order valence-electron chi connectivity index (χ0n) is 62.6. The molecule has 7 bridgehead atoms. The SMILES string of the molecule is Cc1cc(=O)n(-c2cccc(NC(=O)C3CC3)c2)c2nc(Nc3ccc(N4CCN(CCCCCCCCCCCCNC(=O)CC56CC7CC(CC(C7)C5)C6)C(C5C6CC7CC8(CC(=O)NCCCCCCCCCCCCN9CCN(c%10ccc(N)cc%10)CC9)CC5C6(C7)C8)C4)cc3)ncc12. The molecule has 11 aliphatic rings. The highest BCUT2D eigenvalue weighted by Gasteiger charge is 2.76. The number of nitrogens with zero attached hydrogens (tertiary/aromatic N) is 7. The molecule has 5 aromatic rings. The summed E-state index contributed by atoms with van der Waals surface area (Å²) in [6.07, 6.45) is 45.6. The number of nitrogens with two attached hydrogens (primary N) is 1. The van der Waals surface area contributed by atoms with Gasteiger partial charge < -0.3 is 36.8 Å². The summed E-state index contributed by atoms with van der Waals surface area (Å²) in [5, 5.41) is 14.1. The van der Waals surface area contributed by atoms with Crippen LogP contribution in [0.15, 0.2) is 89.9 Å². The van der Waals surface area contributed by atoms with E-state index >= 15 is 0 Å². The average Bonchev–Trinajstić information content (AvgIpc) is 1.49. The number of carbonyl (C=O) groups is 3. The van der Waals surface area contributed by atoms with Crippen LogP contribution in [0.1, 0.15) is 230 Å². The van der Waals surface area contributed by atoms with Crippen molar-refractivity contribution >= 4 is 63.1 Å². The largest absolute Gasteiger partial charge is 0.399 e. The number of pyridine rings is 1. The zero-order chi connectivity index (χ0) is 70.3. The molecule has 2 aliphatic heterocycles. The van der Waals surface area contributed by atoms with Crippen molar-refractivity contribution in [1.82, 2.24) is 35.0 Å². The van der Waals surface area contributed by atoms with Gasteiger partial charge in [0, 0.05) is 130 Å². The average molecular weight is 1400 g/mol. The van der Waals surface area contributed by atoms with Crippen molar-refractivity contribution in [2.75, 3.05) is 98.2 Å². The maximum Gasteiger partial charge on any atom is 0.257 e. The van der Waals surface area contributed by atoms with Crippen LogP contribution in [0.5, 0.6) is 0 Å². The number of rotatable bonds is 38. The fourth-order valence-corrected chi connectivity index (χ4v) is 23.4. The molecule has 16 nitrogen and oxygen atoms in total. The number of anilines is 6. The first-order chi connectivity index (χ1) is 50.3. The number of hydrogen-bond acceptors (Lipinski definition) is 12. The van der Waals surface area contributed by atoms with E-state index in [1.165, 1.54) is 211 Å². The summed E-state index contributed by atoms with van der Waals surface area (Å²) in [7, 11) is 0. The first-order valence-corrected chi connectivity index (χ1v) is 41.8. The molecule has 16 heteroatoms. The van der Waals surface area contributed by atoms with E-state index in [1.807, 2.05) is 43.3 Å². The molecular formula is C87H124N12O4. The molecule has 556 valence electrons. The van der Waals surface area contributed by atoms with Gasteiger partial charge in [-0.25, -0.2) is 4.98 Å². The molecule has 9 saturated carbocycles. The summed E-state index contributed by atoms with van der Waals surface area (Å²) >= 11 is 0. The molecule has 103 heavy (non-hydrogen) atoms. The highest BCUT2D eigenvalue weighted by atomic mass is 16.2. The fourth-order valence-electron chi connectivity index (χ4n) is 23.4. The van der Waals surface area contributed by atoms with Gasteiger partial charge in [0.1, 0.15) is 0 Å². The molecular weight excluding hydrogens is 1280 g/mol. The van der Waals surface area contributed by atoms with Gasteiger partial charge in [0.15, 0.2) is 5.65 Å². The monoisotopic (exact) mass is 1400 g/mol. The van der Waals surface area contributed by atoms with E-state index in [4.69, 9.17) is 15.7 Å². The minimum Gasteiger partial charge on any atom is -0.399 e. The molecule has 7 atom stereocenters. The predicted molar refractivity (Wildman–Crippen MR) is 418 cm³/mol. The highest BCUT2D eigenvalue weighted by molar-refractivity contribution is 5.94. The number of nitrogen functional groups attached to an aromatic ring is 1. The summed E-state index contributed by atoms with van der Waals surface area (Å²) in [4.78, 5) is 74.1. The second kappa shape index (κ2) is 32.7. The van der Waals surface area contributed by atoms with Crippen LogP contribution in [-0.2, 0) is 14.4 Å². The number of hydrogen-bond donors (Lipinski definition) is 5. The lowest BCUT2D eigenvalue weighted by Gasteiger charge is -2.62. The minimum absolute atomic E-state index is 0.0227. The van der Waals surface area contributed by atoms with Crippen molar-refractivity contribution in [3.63, 3.8) is 0 Å². The maximum absolute atomic E-state index is 14.1. The third-order valence-corrected chi connectivity index (χ3v) is 27.8. The number of unbranched alkanes of at least 4 members (excludes halogenated alkanes) is 18. The number of fused-ring (bicyclic) bond motifs is 3. The summed E-state index contributed by atoms with van der Waals surface area (Å²) in [5.41, 5.74) is 13.5. The van der Waals surface area contributed by atoms with Gasteiger partial charge in [-0.1, -0.05) is 109 Å². The van der Waals surface area contributed by atoms with Gasteiger partial charge in [-0.3, -0.25) is 33.5 Å². The standard InChI is InChI=1S/C87H124N12O4/c1-62-45-80(102)99(73-24-22-23-70(50-73)92-83(103)67-25-26-67)82-74(62)59-91-84(94-82)93-69-29-33-72(34-30-69)98-44-43-97(38-21-17-13-9-5-3-7-10-14-18-35-89-78(100)57-85-51-63-46-64(52-85)48-65(47-63)53-85)77(60-98)81-75-49-66-54-86(56-76(81)87(75,55-66)61-86)58-79(101)90-36-19-15-11-6-2-4-8-12-16-20-37-95-39-41-96(42-40-95)71-31-27-68(88)28-32-71/h22-24,27-34,45,50,59,63-67,75-77,81H,2-21,25-26,35-44,46-49,51-58,60-61,88H2,1H3,(H,89,100)(H,90,101)(H,92,103)(H,91,93,94). The maximum atomic E-state index is 14.1. The summed E-state index contributed by atoms with van der Waals surface area (Å²) in [6.45, 7) is 13.6. The lowest BCUT2D eigenvalue weighted by Crippen LogP contribution is -2.65. The molecule has 16 rings (SSSR count). The van der Waals surface area contributed by atoms with E-state index in [0.717, 1.165) is 149 Å². The Bertz CT molecular complexity index is 3720. The number of piperazine rings is 2. The Labute approximate surface area is 615 Å². The van der Waals surface area contributed by atoms with Crippen LogP contribution in [-0.4, -0.2) is 120 Å². The molecule has 9 aliphatic carbocycles. The number of carbonyl (C=O) groups excluding carboxylic acids is 3. The van der Waals surface area contributed by atoms with Gasteiger partial charge in [0.05, 0.1) is 5.69 Å². The van der Waals surface area contributed by atoms with Gasteiger partial charge in [0.25, 0.3) is 5.56 Å². The first-order valence-electron chi connectivity index (χ1n) is 41.8. The molecule has 4 heterocycles. The number of aromatic nitrogens is 3. The smallest absolute Gasteiger partial charge is 0.257 e. The molecule has 0 radical (unpaired) electrons. The molecule has 3 amide bonds. The van der Waals surface area contributed by atoms with Gasteiger partial charge in [-0.2, -0.15) is 4.98 Å². The van der Waals surface area contributed by atoms with Gasteiger partial charge in [-0.05, 0) is 259 Å². The van der Waals surface area contributed by atoms with E-state index in [-0.39, 0.29) is 22.8 Å². The van der Waals surface area contributed by atoms with Crippen LogP contribution in [0, 0.1) is 70.5 Å². The van der Waals surface area contributed by atoms with Crippen molar-refractivity contribution in [3.8, 4) is 5.69 Å². The quantitative estimate of drug-likeness (QED) is 0.0186. The van der Waals surface area contributed by atoms with Crippen molar-refractivity contribution in [3.05, 3.63) is 101 Å². The van der Waals surface area contributed by atoms with E-state index < -0.39 is 0 Å². The van der Waals surface area contributed by atoms with Crippen LogP contribution in [0.2, 0.25) is 0 Å². The highest BCUT2D eigenvalue weighted by Crippen LogP contribution is 2.82. The second-order valence-electron chi connectivity index (χ2n) is 35.3. The van der Waals surface area contributed by atoms with Crippen LogP contribution >= 0.6 is 0 Å². The third kappa shape index (κ3) is 17.2. The van der Waals surface area contributed by atoms with Crippen molar-refractivity contribution in [2.24, 2.45) is 63.6 Å². The Hall–Kier alpha value is -6.52. The van der Waals surface area contributed by atoms with Crippen molar-refractivity contribution in [1.29, 1.82) is 0 Å². The summed E-state index contributed by atoms with van der Waals surface area (Å²) in [5.74, 6) is 6.77. The fraction of sp³-hybridized carbons (Fsp3) is 0.678. The Kier molecular flexibility index (Phi) is 22.9. The van der Waals surface area contributed by atoms with Gasteiger partial charge in [-0.15, -0.1) is 0 Å². The number of amides is 3. The normalized spacial score (nSPS) is 28.2. The Morgan fingerprint density at radius 1 is 0.553 bits per heavy atom. The molecule has 3 aromatic carbocycles. The Balaban J connectivity index is 0.510. The lowest BCUT2D eigenvalue weighted by atomic mass is 9.47. The van der Waals surface area contributed by atoms with E-state index in [0.29, 0.717) is 63.5 Å². The topological polar surface area (TPSA) is 186 Å². The van der Waals surface area contributed by atoms with Gasteiger partial charge >= 0.3 is 0 Å². The van der Waals surface area contributed by atoms with E-state index in [1.54, 1.807) is 16.8 Å². The molecule has 2 saturated heterocycles. The van der Waals surface area contributed by atoms with Crippen LogP contribution in [0.4, 0.5) is 34.4 Å². The summed E-state index contributed by atoms with van der Waals surface area (Å²) < 4.78 is 1.61. The summed E-state index contributed by atoms with van der Waals surface area (Å²) in [6, 6.07) is 26.7. The molecule has 6 N–H and O–H groups in total. The molecule has 7 unspecified atom stereocenters. The lowest BCUT2D eigenvalue weighted by molar-refractivity contribution is -0.129. The Morgan fingerprint density at radius 3 is 1.77 bits per heavy atom. The van der Waals surface area contributed by atoms with Crippen LogP contribution in [0.3, 0.4) is 0 Å².